The average molecular weight is 321 g/mol. The summed E-state index contributed by atoms with van der Waals surface area (Å²) in [6.07, 6.45) is 1.03. The summed E-state index contributed by atoms with van der Waals surface area (Å²) in [4.78, 5) is 14.1. The van der Waals surface area contributed by atoms with Crippen LogP contribution in [0.25, 0.3) is 0 Å². The number of benzene rings is 1. The van der Waals surface area contributed by atoms with Crippen molar-refractivity contribution in [1.82, 2.24) is 5.32 Å². The Balaban J connectivity index is 1.96. The predicted molar refractivity (Wildman–Crippen MR) is 91.1 cm³/mol. The zero-order valence-electron chi connectivity index (χ0n) is 14.4. The van der Waals surface area contributed by atoms with E-state index in [2.05, 4.69) is 10.2 Å². The molecule has 3 N–H and O–H groups in total. The molecular formula is C17H27N3O3. The molecule has 6 nitrogen and oxygen atoms in total. The van der Waals surface area contributed by atoms with Gasteiger partial charge in [0.1, 0.15) is 11.5 Å². The van der Waals surface area contributed by atoms with Gasteiger partial charge in [0.05, 0.1) is 19.8 Å². The Labute approximate surface area is 137 Å². The molecule has 23 heavy (non-hydrogen) atoms. The standard InChI is InChI=1S/C17H27N3O3/c1-17(2,18)16(21)19-10-12-5-6-20(11-12)13-7-14(22-3)9-15(8-13)23-4/h7-9,12H,5-6,10-11,18H2,1-4H3,(H,19,21). The molecule has 1 atom stereocenters. The fourth-order valence-corrected chi connectivity index (χ4v) is 2.67. The van der Waals surface area contributed by atoms with Gasteiger partial charge < -0.3 is 25.4 Å². The lowest BCUT2D eigenvalue weighted by Gasteiger charge is -2.22. The van der Waals surface area contributed by atoms with Gasteiger partial charge >= 0.3 is 0 Å². The number of methoxy groups -OCH3 is 2. The maximum atomic E-state index is 11.9. The van der Waals surface area contributed by atoms with Gasteiger partial charge in [0.2, 0.25) is 5.91 Å². The topological polar surface area (TPSA) is 76.8 Å². The first-order valence-electron chi connectivity index (χ1n) is 7.88. The van der Waals surface area contributed by atoms with Crippen molar-refractivity contribution in [3.05, 3.63) is 18.2 Å². The van der Waals surface area contributed by atoms with Crippen LogP contribution in [-0.2, 0) is 4.79 Å². The van der Waals surface area contributed by atoms with Crippen LogP contribution in [-0.4, -0.2) is 45.3 Å². The van der Waals surface area contributed by atoms with Gasteiger partial charge in [0.15, 0.2) is 0 Å². The Morgan fingerprint density at radius 1 is 1.30 bits per heavy atom. The van der Waals surface area contributed by atoms with Gasteiger partial charge in [-0.05, 0) is 26.2 Å². The summed E-state index contributed by atoms with van der Waals surface area (Å²) >= 11 is 0. The van der Waals surface area contributed by atoms with Crippen LogP contribution < -0.4 is 25.4 Å². The van der Waals surface area contributed by atoms with Crippen LogP contribution in [0.5, 0.6) is 11.5 Å². The number of nitrogens with two attached hydrogens (primary N) is 1. The van der Waals surface area contributed by atoms with Crippen LogP contribution in [0, 0.1) is 5.92 Å². The quantitative estimate of drug-likeness (QED) is 0.828. The third kappa shape index (κ3) is 4.51. The summed E-state index contributed by atoms with van der Waals surface area (Å²) in [7, 11) is 3.30. The van der Waals surface area contributed by atoms with E-state index in [0.717, 1.165) is 36.7 Å². The monoisotopic (exact) mass is 321 g/mol. The minimum atomic E-state index is -0.835. The van der Waals surface area contributed by atoms with Crippen LogP contribution in [0.3, 0.4) is 0 Å². The van der Waals surface area contributed by atoms with Crippen molar-refractivity contribution in [2.75, 3.05) is 38.8 Å². The second-order valence-corrected chi connectivity index (χ2v) is 6.60. The molecule has 1 aliphatic heterocycles. The molecule has 1 saturated heterocycles. The summed E-state index contributed by atoms with van der Waals surface area (Å²) in [6.45, 7) is 5.92. The number of hydrogen-bond donors (Lipinski definition) is 2. The molecular weight excluding hydrogens is 294 g/mol. The zero-order valence-corrected chi connectivity index (χ0v) is 14.4. The minimum Gasteiger partial charge on any atom is -0.497 e. The molecule has 2 rings (SSSR count). The number of anilines is 1. The fraction of sp³-hybridized carbons (Fsp3) is 0.588. The molecule has 1 aliphatic rings. The summed E-state index contributed by atoms with van der Waals surface area (Å²) in [5, 5.41) is 2.94. The Bertz CT molecular complexity index is 532. The van der Waals surface area contributed by atoms with Crippen LogP contribution in [0.1, 0.15) is 20.3 Å². The second kappa shape index (κ2) is 7.08. The van der Waals surface area contributed by atoms with Crippen molar-refractivity contribution in [3.63, 3.8) is 0 Å². The summed E-state index contributed by atoms with van der Waals surface area (Å²) in [5.74, 6) is 1.86. The van der Waals surface area contributed by atoms with E-state index in [4.69, 9.17) is 15.2 Å². The van der Waals surface area contributed by atoms with Gasteiger partial charge in [0, 0.05) is 43.5 Å². The van der Waals surface area contributed by atoms with E-state index in [1.807, 2.05) is 18.2 Å². The highest BCUT2D eigenvalue weighted by Gasteiger charge is 2.26. The highest BCUT2D eigenvalue weighted by atomic mass is 16.5. The molecule has 0 aromatic heterocycles. The number of rotatable bonds is 6. The maximum Gasteiger partial charge on any atom is 0.239 e. The largest absolute Gasteiger partial charge is 0.497 e. The average Bonchev–Trinajstić information content (AvgIpc) is 3.00. The van der Waals surface area contributed by atoms with Crippen molar-refractivity contribution >= 4 is 11.6 Å². The Kier molecular flexibility index (Phi) is 5.36. The van der Waals surface area contributed by atoms with Crippen LogP contribution >= 0.6 is 0 Å². The van der Waals surface area contributed by atoms with Crippen LogP contribution in [0.15, 0.2) is 18.2 Å². The molecule has 0 radical (unpaired) electrons. The van der Waals surface area contributed by atoms with Crippen molar-refractivity contribution < 1.29 is 14.3 Å². The second-order valence-electron chi connectivity index (χ2n) is 6.60. The molecule has 1 fully saturated rings. The summed E-state index contributed by atoms with van der Waals surface area (Å²) < 4.78 is 10.6. The molecule has 0 spiro atoms. The molecule has 1 amide bonds. The SMILES string of the molecule is COc1cc(OC)cc(N2CCC(CNC(=O)C(C)(C)N)C2)c1. The van der Waals surface area contributed by atoms with Gasteiger partial charge in [-0.15, -0.1) is 0 Å². The summed E-state index contributed by atoms with van der Waals surface area (Å²) in [6, 6.07) is 5.87. The van der Waals surface area contributed by atoms with Crippen molar-refractivity contribution in [2.24, 2.45) is 11.7 Å². The van der Waals surface area contributed by atoms with Crippen LogP contribution in [0.4, 0.5) is 5.69 Å². The highest BCUT2D eigenvalue weighted by molar-refractivity contribution is 5.85. The first kappa shape index (κ1) is 17.4. The van der Waals surface area contributed by atoms with E-state index in [0.29, 0.717) is 12.5 Å². The number of nitrogens with zero attached hydrogens (tertiary/aromatic N) is 1. The molecule has 6 heteroatoms. The van der Waals surface area contributed by atoms with Gasteiger partial charge in [-0.1, -0.05) is 0 Å². The number of carbonyl (C=O) groups excluding carboxylic acids is 1. The van der Waals surface area contributed by atoms with Crippen molar-refractivity contribution in [2.45, 2.75) is 25.8 Å². The van der Waals surface area contributed by atoms with E-state index in [1.165, 1.54) is 0 Å². The van der Waals surface area contributed by atoms with E-state index in [-0.39, 0.29) is 5.91 Å². The third-order valence-electron chi connectivity index (χ3n) is 4.12. The Morgan fingerprint density at radius 2 is 1.91 bits per heavy atom. The Hall–Kier alpha value is -1.95. The predicted octanol–water partition coefficient (Wildman–Crippen LogP) is 1.38. The lowest BCUT2D eigenvalue weighted by atomic mass is 10.1. The first-order valence-corrected chi connectivity index (χ1v) is 7.88. The first-order chi connectivity index (χ1) is 10.8. The summed E-state index contributed by atoms with van der Waals surface area (Å²) in [5.41, 5.74) is 6.04. The van der Waals surface area contributed by atoms with E-state index < -0.39 is 5.54 Å². The lowest BCUT2D eigenvalue weighted by molar-refractivity contribution is -0.125. The van der Waals surface area contributed by atoms with E-state index in [1.54, 1.807) is 28.1 Å². The third-order valence-corrected chi connectivity index (χ3v) is 4.12. The molecule has 1 heterocycles. The molecule has 0 bridgehead atoms. The molecule has 1 unspecified atom stereocenters. The van der Waals surface area contributed by atoms with Gasteiger partial charge in [0.25, 0.3) is 0 Å². The van der Waals surface area contributed by atoms with Gasteiger partial charge in [-0.3, -0.25) is 4.79 Å². The molecule has 1 aromatic carbocycles. The van der Waals surface area contributed by atoms with Gasteiger partial charge in [-0.2, -0.15) is 0 Å². The van der Waals surface area contributed by atoms with Gasteiger partial charge in [-0.25, -0.2) is 0 Å². The fourth-order valence-electron chi connectivity index (χ4n) is 2.67. The van der Waals surface area contributed by atoms with E-state index in [9.17, 15) is 4.79 Å². The van der Waals surface area contributed by atoms with Crippen molar-refractivity contribution in [1.29, 1.82) is 0 Å². The number of hydrogen-bond acceptors (Lipinski definition) is 5. The minimum absolute atomic E-state index is 0.112. The molecule has 0 saturated carbocycles. The van der Waals surface area contributed by atoms with Crippen LogP contribution in [0.2, 0.25) is 0 Å². The molecule has 1 aromatic rings. The number of amides is 1. The molecule has 128 valence electrons. The lowest BCUT2D eigenvalue weighted by Crippen LogP contribution is -2.50. The van der Waals surface area contributed by atoms with E-state index >= 15 is 0 Å². The highest BCUT2D eigenvalue weighted by Crippen LogP contribution is 2.31. The van der Waals surface area contributed by atoms with Crippen molar-refractivity contribution in [3.8, 4) is 11.5 Å². The number of ether oxygens (including phenoxy) is 2. The maximum absolute atomic E-state index is 11.9. The smallest absolute Gasteiger partial charge is 0.239 e. The molecule has 0 aliphatic carbocycles. The number of nitrogens with one attached hydrogen (secondary N) is 1. The normalized spacial score (nSPS) is 18.0. The Morgan fingerprint density at radius 3 is 2.43 bits per heavy atom. The number of carbonyl (C=O) groups is 1. The zero-order chi connectivity index (χ0) is 17.0.